The van der Waals surface area contributed by atoms with Crippen molar-refractivity contribution in [1.29, 1.82) is 0 Å². The molecule has 1 aromatic heterocycles. The third-order valence-electron chi connectivity index (χ3n) is 6.78. The SMILES string of the molecule is CC(C)(CC(=O)N[C@H](c1cccnc1)[C@@H]1C[C@H]1C(=O)NC1CC(C)(C)Oc2c(F)cc(F)cc21)N=CN. The van der Waals surface area contributed by atoms with Crippen LogP contribution in [0.3, 0.4) is 0 Å². The van der Waals surface area contributed by atoms with Crippen molar-refractivity contribution >= 4 is 18.2 Å². The van der Waals surface area contributed by atoms with E-state index in [4.69, 9.17) is 10.5 Å². The number of nitrogens with zero attached hydrogens (tertiary/aromatic N) is 2. The molecule has 4 N–H and O–H groups in total. The van der Waals surface area contributed by atoms with Crippen molar-refractivity contribution < 1.29 is 23.1 Å². The minimum absolute atomic E-state index is 0.0430. The summed E-state index contributed by atoms with van der Waals surface area (Å²) in [5, 5.41) is 6.03. The van der Waals surface area contributed by atoms with E-state index in [1.807, 2.05) is 6.07 Å². The van der Waals surface area contributed by atoms with Gasteiger partial charge in [-0.2, -0.15) is 0 Å². The predicted molar refractivity (Wildman–Crippen MR) is 135 cm³/mol. The number of halogens is 2. The van der Waals surface area contributed by atoms with Crippen molar-refractivity contribution in [3.05, 3.63) is 59.4 Å². The summed E-state index contributed by atoms with van der Waals surface area (Å²) in [6.07, 6.45) is 5.51. The molecule has 1 aliphatic carbocycles. The second-order valence-corrected chi connectivity index (χ2v) is 11.0. The van der Waals surface area contributed by atoms with Crippen molar-refractivity contribution in [2.45, 2.75) is 70.2 Å². The Bertz CT molecular complexity index is 1200. The van der Waals surface area contributed by atoms with Crippen LogP contribution in [0.1, 0.15) is 70.2 Å². The maximum atomic E-state index is 14.5. The van der Waals surface area contributed by atoms with Crippen LogP contribution in [0.5, 0.6) is 5.75 Å². The van der Waals surface area contributed by atoms with Gasteiger partial charge in [-0.25, -0.2) is 8.78 Å². The van der Waals surface area contributed by atoms with E-state index in [0.29, 0.717) is 12.8 Å². The fraction of sp³-hybridized carbons (Fsp3) is 0.481. The molecule has 198 valence electrons. The molecule has 0 spiro atoms. The third kappa shape index (κ3) is 6.23. The Kier molecular flexibility index (Phi) is 7.21. The number of fused-ring (bicyclic) bond motifs is 1. The molecule has 0 radical (unpaired) electrons. The summed E-state index contributed by atoms with van der Waals surface area (Å²) in [4.78, 5) is 34.5. The molecule has 4 rings (SSSR count). The number of carbonyl (C=O) groups excluding carboxylic acids is 2. The quantitative estimate of drug-likeness (QED) is 0.367. The Morgan fingerprint density at radius 3 is 2.78 bits per heavy atom. The number of benzene rings is 1. The number of rotatable bonds is 8. The zero-order valence-electron chi connectivity index (χ0n) is 21.4. The molecule has 0 saturated heterocycles. The van der Waals surface area contributed by atoms with Gasteiger partial charge in [0.15, 0.2) is 11.6 Å². The maximum absolute atomic E-state index is 14.5. The number of aliphatic imine (C=N–C) groups is 1. The Balaban J connectivity index is 1.50. The normalized spacial score (nSPS) is 23.0. The van der Waals surface area contributed by atoms with Crippen LogP contribution < -0.4 is 21.1 Å². The first-order chi connectivity index (χ1) is 17.4. The van der Waals surface area contributed by atoms with Gasteiger partial charge in [-0.3, -0.25) is 19.6 Å². The van der Waals surface area contributed by atoms with Crippen molar-refractivity contribution in [2.75, 3.05) is 0 Å². The number of hydrogen-bond donors (Lipinski definition) is 3. The summed E-state index contributed by atoms with van der Waals surface area (Å²) in [5.41, 5.74) is 5.05. The Labute approximate surface area is 215 Å². The van der Waals surface area contributed by atoms with E-state index < -0.39 is 34.9 Å². The van der Waals surface area contributed by atoms with Crippen molar-refractivity contribution in [2.24, 2.45) is 22.6 Å². The Hall–Kier alpha value is -3.56. The standard InChI is InChI=1S/C27H33F2N5O3/c1-26(2,32-14-30)12-22(35)34-23(15-6-5-7-31-13-15)17-10-18(17)25(36)33-21-11-27(3,4)37-24-19(21)8-16(28)9-20(24)29/h5-9,13-14,17-18,21,23H,10-12H2,1-4H3,(H2,30,32)(H,33,36)(H,34,35)/t17-,18-,21?,23-/m1/s1. The van der Waals surface area contributed by atoms with E-state index >= 15 is 0 Å². The van der Waals surface area contributed by atoms with Crippen LogP contribution in [0.15, 0.2) is 41.7 Å². The molecular weight excluding hydrogens is 480 g/mol. The number of amides is 2. The molecule has 2 aliphatic rings. The number of nitrogens with two attached hydrogens (primary N) is 1. The summed E-state index contributed by atoms with van der Waals surface area (Å²) in [7, 11) is 0. The molecule has 1 fully saturated rings. The lowest BCUT2D eigenvalue weighted by atomic mass is 9.89. The number of hydrogen-bond acceptors (Lipinski definition) is 5. The highest BCUT2D eigenvalue weighted by molar-refractivity contribution is 5.83. The van der Waals surface area contributed by atoms with E-state index in [1.54, 1.807) is 46.2 Å². The molecule has 10 heteroatoms. The van der Waals surface area contributed by atoms with Gasteiger partial charge in [0.2, 0.25) is 11.8 Å². The van der Waals surface area contributed by atoms with Crippen molar-refractivity contribution in [3.8, 4) is 5.75 Å². The Morgan fingerprint density at radius 2 is 2.11 bits per heavy atom. The minimum Gasteiger partial charge on any atom is -0.484 e. The topological polar surface area (TPSA) is 119 Å². The summed E-state index contributed by atoms with van der Waals surface area (Å²) < 4.78 is 34.2. The molecule has 4 atom stereocenters. The van der Waals surface area contributed by atoms with Crippen LogP contribution in [0.4, 0.5) is 8.78 Å². The lowest BCUT2D eigenvalue weighted by molar-refractivity contribution is -0.125. The van der Waals surface area contributed by atoms with Crippen LogP contribution in [-0.4, -0.2) is 34.3 Å². The molecule has 8 nitrogen and oxygen atoms in total. The average molecular weight is 514 g/mol. The molecule has 2 aromatic rings. The van der Waals surface area contributed by atoms with Gasteiger partial charge in [-0.1, -0.05) is 6.07 Å². The molecule has 1 aromatic carbocycles. The van der Waals surface area contributed by atoms with Gasteiger partial charge < -0.3 is 21.1 Å². The monoisotopic (exact) mass is 513 g/mol. The fourth-order valence-corrected chi connectivity index (χ4v) is 5.02. The maximum Gasteiger partial charge on any atom is 0.223 e. The molecule has 37 heavy (non-hydrogen) atoms. The van der Waals surface area contributed by atoms with Crippen molar-refractivity contribution in [1.82, 2.24) is 15.6 Å². The van der Waals surface area contributed by atoms with Gasteiger partial charge in [0.05, 0.1) is 30.4 Å². The van der Waals surface area contributed by atoms with Gasteiger partial charge in [0.1, 0.15) is 11.4 Å². The van der Waals surface area contributed by atoms with Gasteiger partial charge >= 0.3 is 0 Å². The smallest absolute Gasteiger partial charge is 0.223 e. The van der Waals surface area contributed by atoms with Crippen molar-refractivity contribution in [3.63, 3.8) is 0 Å². The number of nitrogens with one attached hydrogen (secondary N) is 2. The molecule has 2 amide bonds. The first kappa shape index (κ1) is 26.5. The summed E-state index contributed by atoms with van der Waals surface area (Å²) in [5.74, 6) is -2.57. The van der Waals surface area contributed by atoms with Crippen LogP contribution in [0, 0.1) is 23.5 Å². The fourth-order valence-electron chi connectivity index (χ4n) is 5.02. The average Bonchev–Trinajstić information content (AvgIpc) is 3.59. The number of pyridine rings is 1. The van der Waals surface area contributed by atoms with Gasteiger partial charge in [-0.15, -0.1) is 0 Å². The molecule has 2 heterocycles. The third-order valence-corrected chi connectivity index (χ3v) is 6.78. The highest BCUT2D eigenvalue weighted by Gasteiger charge is 2.50. The van der Waals surface area contributed by atoms with E-state index in [1.165, 1.54) is 12.4 Å². The highest BCUT2D eigenvalue weighted by Crippen LogP contribution is 2.49. The summed E-state index contributed by atoms with van der Waals surface area (Å²) >= 11 is 0. The number of carbonyl (C=O) groups is 2. The molecule has 1 unspecified atom stereocenters. The number of ether oxygens (including phenoxy) is 1. The molecule has 1 aliphatic heterocycles. The second kappa shape index (κ2) is 10.1. The second-order valence-electron chi connectivity index (χ2n) is 11.0. The van der Waals surface area contributed by atoms with E-state index in [2.05, 4.69) is 20.6 Å². The minimum atomic E-state index is -0.799. The number of aromatic nitrogens is 1. The lowest BCUT2D eigenvalue weighted by Crippen LogP contribution is -2.42. The first-order valence-corrected chi connectivity index (χ1v) is 12.3. The zero-order valence-corrected chi connectivity index (χ0v) is 21.4. The summed E-state index contributed by atoms with van der Waals surface area (Å²) in [6.45, 7) is 7.20. The van der Waals surface area contributed by atoms with Gasteiger partial charge in [0.25, 0.3) is 0 Å². The van der Waals surface area contributed by atoms with Gasteiger partial charge in [0, 0.05) is 36.4 Å². The van der Waals surface area contributed by atoms with Gasteiger partial charge in [-0.05, 0) is 57.7 Å². The largest absolute Gasteiger partial charge is 0.484 e. The highest BCUT2D eigenvalue weighted by atomic mass is 19.1. The van der Waals surface area contributed by atoms with Crippen LogP contribution in [-0.2, 0) is 9.59 Å². The Morgan fingerprint density at radius 1 is 1.35 bits per heavy atom. The van der Waals surface area contributed by atoms with Crippen LogP contribution in [0.25, 0.3) is 0 Å². The van der Waals surface area contributed by atoms with E-state index in [0.717, 1.165) is 11.6 Å². The van der Waals surface area contributed by atoms with Crippen LogP contribution >= 0.6 is 0 Å². The first-order valence-electron chi connectivity index (χ1n) is 12.3. The van der Waals surface area contributed by atoms with E-state index in [-0.39, 0.29) is 41.4 Å². The lowest BCUT2D eigenvalue weighted by Gasteiger charge is -2.38. The molecular formula is C27H33F2N5O3. The van der Waals surface area contributed by atoms with Crippen LogP contribution in [0.2, 0.25) is 0 Å². The zero-order chi connectivity index (χ0) is 27.0. The molecule has 0 bridgehead atoms. The predicted octanol–water partition coefficient (Wildman–Crippen LogP) is 3.73. The van der Waals surface area contributed by atoms with E-state index in [9.17, 15) is 18.4 Å². The molecule has 1 saturated carbocycles. The summed E-state index contributed by atoms with van der Waals surface area (Å²) in [6, 6.07) is 4.57.